The third-order valence-corrected chi connectivity index (χ3v) is 7.38. The number of rotatable bonds is 4. The number of aromatic amines is 1. The zero-order chi connectivity index (χ0) is 21.8. The van der Waals surface area contributed by atoms with Crippen molar-refractivity contribution in [1.82, 2.24) is 13.9 Å². The second kappa shape index (κ2) is 7.14. The van der Waals surface area contributed by atoms with E-state index < -0.39 is 10.0 Å². The van der Waals surface area contributed by atoms with Crippen LogP contribution in [0.25, 0.3) is 33.2 Å². The lowest BCUT2D eigenvalue weighted by Crippen LogP contribution is -2.14. The number of hydrogen-bond acceptors (Lipinski definition) is 4. The molecule has 0 spiro atoms. The molecule has 0 saturated carbocycles. The molecule has 5 aromatic rings. The molecule has 0 saturated heterocycles. The van der Waals surface area contributed by atoms with Crippen LogP contribution >= 0.6 is 11.6 Å². The Morgan fingerprint density at radius 1 is 1.03 bits per heavy atom. The molecule has 8 heteroatoms. The van der Waals surface area contributed by atoms with Crippen LogP contribution in [0.15, 0.2) is 71.9 Å². The Bertz CT molecular complexity index is 1550. The minimum absolute atomic E-state index is 0.177. The summed E-state index contributed by atoms with van der Waals surface area (Å²) >= 11 is 6.41. The van der Waals surface area contributed by atoms with Crippen LogP contribution in [-0.2, 0) is 10.0 Å². The van der Waals surface area contributed by atoms with Gasteiger partial charge < -0.3 is 9.72 Å². The number of methoxy groups -OCH3 is 1. The fourth-order valence-corrected chi connectivity index (χ4v) is 5.40. The van der Waals surface area contributed by atoms with Gasteiger partial charge in [-0.25, -0.2) is 17.4 Å². The number of halogens is 1. The summed E-state index contributed by atoms with van der Waals surface area (Å²) in [6.45, 7) is 1.91. The molecule has 3 aromatic heterocycles. The molecule has 0 radical (unpaired) electrons. The van der Waals surface area contributed by atoms with E-state index >= 15 is 0 Å². The zero-order valence-corrected chi connectivity index (χ0v) is 18.3. The fraction of sp³-hybridized carbons (Fsp3) is 0.0870. The van der Waals surface area contributed by atoms with Crippen molar-refractivity contribution in [1.29, 1.82) is 0 Å². The predicted molar refractivity (Wildman–Crippen MR) is 122 cm³/mol. The van der Waals surface area contributed by atoms with Crippen molar-refractivity contribution >= 4 is 43.6 Å². The van der Waals surface area contributed by atoms with Gasteiger partial charge in [0, 0.05) is 34.2 Å². The lowest BCUT2D eigenvalue weighted by atomic mass is 10.1. The number of nitrogens with zero attached hydrogens (tertiary/aromatic N) is 2. The zero-order valence-electron chi connectivity index (χ0n) is 16.8. The first-order valence-corrected chi connectivity index (χ1v) is 11.4. The van der Waals surface area contributed by atoms with Crippen molar-refractivity contribution in [2.75, 3.05) is 7.11 Å². The lowest BCUT2D eigenvalue weighted by Gasteiger charge is -2.12. The van der Waals surface area contributed by atoms with Gasteiger partial charge in [0.2, 0.25) is 0 Å². The Morgan fingerprint density at radius 2 is 1.81 bits per heavy atom. The Kier molecular flexibility index (Phi) is 4.53. The number of benzene rings is 2. The molecular weight excluding hydrogens is 434 g/mol. The van der Waals surface area contributed by atoms with Gasteiger partial charge in [0.25, 0.3) is 10.0 Å². The van der Waals surface area contributed by atoms with E-state index in [4.69, 9.17) is 16.3 Å². The Balaban J connectivity index is 1.87. The van der Waals surface area contributed by atoms with Crippen molar-refractivity contribution in [2.45, 2.75) is 11.8 Å². The highest BCUT2D eigenvalue weighted by atomic mass is 35.5. The molecule has 0 aliphatic heterocycles. The van der Waals surface area contributed by atoms with Gasteiger partial charge in [-0.2, -0.15) is 0 Å². The molecule has 156 valence electrons. The second-order valence-corrected chi connectivity index (χ2v) is 9.45. The van der Waals surface area contributed by atoms with Gasteiger partial charge in [0.05, 0.1) is 22.7 Å². The number of ether oxygens (including phenoxy) is 1. The molecule has 6 nitrogen and oxygen atoms in total. The lowest BCUT2D eigenvalue weighted by molar-refractivity contribution is 0.415. The topological polar surface area (TPSA) is 77.0 Å². The molecule has 0 aliphatic rings. The first-order valence-electron chi connectivity index (χ1n) is 9.54. The van der Waals surface area contributed by atoms with Crippen molar-refractivity contribution in [3.63, 3.8) is 0 Å². The van der Waals surface area contributed by atoms with Gasteiger partial charge in [-0.3, -0.25) is 0 Å². The van der Waals surface area contributed by atoms with Crippen LogP contribution in [0.3, 0.4) is 0 Å². The molecular formula is C23H18ClN3O3S. The van der Waals surface area contributed by atoms with Crippen molar-refractivity contribution < 1.29 is 13.2 Å². The Labute approximate surface area is 184 Å². The average molecular weight is 452 g/mol. The first kappa shape index (κ1) is 19.7. The van der Waals surface area contributed by atoms with Crippen LogP contribution in [0, 0.1) is 6.92 Å². The first-order chi connectivity index (χ1) is 14.9. The number of pyridine rings is 1. The fourth-order valence-electron chi connectivity index (χ4n) is 3.73. The minimum atomic E-state index is -3.95. The molecule has 0 atom stereocenters. The van der Waals surface area contributed by atoms with Gasteiger partial charge in [-0.1, -0.05) is 29.3 Å². The number of fused-ring (bicyclic) bond motifs is 2. The van der Waals surface area contributed by atoms with Gasteiger partial charge >= 0.3 is 0 Å². The third-order valence-electron chi connectivity index (χ3n) is 5.33. The Hall–Kier alpha value is -3.29. The van der Waals surface area contributed by atoms with Crippen LogP contribution < -0.4 is 4.74 Å². The van der Waals surface area contributed by atoms with E-state index in [0.717, 1.165) is 16.5 Å². The molecule has 2 aromatic carbocycles. The van der Waals surface area contributed by atoms with E-state index in [0.29, 0.717) is 27.4 Å². The number of aryl methyl sites for hydroxylation is 1. The average Bonchev–Trinajstić information content (AvgIpc) is 3.35. The molecule has 0 bridgehead atoms. The third kappa shape index (κ3) is 3.08. The van der Waals surface area contributed by atoms with Crippen LogP contribution in [0.2, 0.25) is 5.02 Å². The summed E-state index contributed by atoms with van der Waals surface area (Å²) in [6, 6.07) is 15.8. The summed E-state index contributed by atoms with van der Waals surface area (Å²) in [5.74, 6) is 0.675. The largest absolute Gasteiger partial charge is 0.497 e. The summed E-state index contributed by atoms with van der Waals surface area (Å²) in [6.07, 6.45) is 3.29. The van der Waals surface area contributed by atoms with Crippen molar-refractivity contribution in [3.05, 3.63) is 77.6 Å². The van der Waals surface area contributed by atoms with E-state index in [1.807, 2.05) is 25.1 Å². The highest BCUT2D eigenvalue weighted by Crippen LogP contribution is 2.38. The SMILES string of the molecule is COc1ccc2[nH]cc(-c3cc4c(Cl)ccnc4n3S(=O)(=O)c3ccc(C)cc3)c2c1. The van der Waals surface area contributed by atoms with E-state index in [2.05, 4.69) is 9.97 Å². The minimum Gasteiger partial charge on any atom is -0.497 e. The smallest absolute Gasteiger partial charge is 0.269 e. The maximum atomic E-state index is 13.8. The van der Waals surface area contributed by atoms with E-state index in [1.54, 1.807) is 49.7 Å². The summed E-state index contributed by atoms with van der Waals surface area (Å²) in [7, 11) is -2.35. The summed E-state index contributed by atoms with van der Waals surface area (Å²) in [5.41, 5.74) is 3.29. The maximum Gasteiger partial charge on any atom is 0.269 e. The highest BCUT2D eigenvalue weighted by Gasteiger charge is 2.26. The number of H-pyrrole nitrogens is 1. The van der Waals surface area contributed by atoms with E-state index in [9.17, 15) is 8.42 Å². The van der Waals surface area contributed by atoms with Crippen molar-refractivity contribution in [2.24, 2.45) is 0 Å². The highest BCUT2D eigenvalue weighted by molar-refractivity contribution is 7.90. The van der Waals surface area contributed by atoms with Crippen LogP contribution in [0.4, 0.5) is 0 Å². The number of aromatic nitrogens is 3. The van der Waals surface area contributed by atoms with E-state index in [-0.39, 0.29) is 10.5 Å². The second-order valence-electron chi connectivity index (χ2n) is 7.26. The molecule has 0 unspecified atom stereocenters. The summed E-state index contributed by atoms with van der Waals surface area (Å²) in [4.78, 5) is 7.74. The van der Waals surface area contributed by atoms with Gasteiger partial charge in [-0.05, 0) is 49.4 Å². The van der Waals surface area contributed by atoms with Crippen molar-refractivity contribution in [3.8, 4) is 17.0 Å². The number of nitrogens with one attached hydrogen (secondary N) is 1. The number of hydrogen-bond donors (Lipinski definition) is 1. The summed E-state index contributed by atoms with van der Waals surface area (Å²) < 4.78 is 34.1. The Morgan fingerprint density at radius 3 is 2.55 bits per heavy atom. The van der Waals surface area contributed by atoms with Crippen LogP contribution in [-0.4, -0.2) is 29.5 Å². The quantitative estimate of drug-likeness (QED) is 0.397. The van der Waals surface area contributed by atoms with Gasteiger partial charge in [-0.15, -0.1) is 0 Å². The van der Waals surface area contributed by atoms with Gasteiger partial charge in [0.15, 0.2) is 5.65 Å². The van der Waals surface area contributed by atoms with Crippen LogP contribution in [0.1, 0.15) is 5.56 Å². The van der Waals surface area contributed by atoms with Gasteiger partial charge in [0.1, 0.15) is 5.75 Å². The normalized spacial score (nSPS) is 12.0. The van der Waals surface area contributed by atoms with Crippen LogP contribution in [0.5, 0.6) is 5.75 Å². The molecule has 0 fully saturated rings. The monoisotopic (exact) mass is 451 g/mol. The standard InChI is InChI=1S/C23H18ClN3O3S/c1-14-3-6-16(7-4-14)31(28,29)27-22(12-18-20(24)9-10-25-23(18)27)19-13-26-21-8-5-15(30-2)11-17(19)21/h3-13,26H,1-2H3. The maximum absolute atomic E-state index is 13.8. The van der Waals surface area contributed by atoms with E-state index in [1.165, 1.54) is 10.2 Å². The molecule has 0 aliphatic carbocycles. The molecule has 1 N–H and O–H groups in total. The molecule has 31 heavy (non-hydrogen) atoms. The molecule has 0 amide bonds. The molecule has 3 heterocycles. The molecule has 5 rings (SSSR count). The predicted octanol–water partition coefficient (Wildman–Crippen LogP) is 5.39. The summed E-state index contributed by atoms with van der Waals surface area (Å²) in [5, 5.41) is 1.83.